The predicted molar refractivity (Wildman–Crippen MR) is 120 cm³/mol. The first kappa shape index (κ1) is 19.4. The molecule has 0 bridgehead atoms. The van der Waals surface area contributed by atoms with Crippen LogP contribution in [0.3, 0.4) is 0 Å². The van der Waals surface area contributed by atoms with Gasteiger partial charge in [0.2, 0.25) is 0 Å². The van der Waals surface area contributed by atoms with Crippen molar-refractivity contribution in [2.75, 3.05) is 0 Å². The molecular weight excluding hydrogens is 390 g/mol. The third kappa shape index (κ3) is 2.51. The first-order valence-electron chi connectivity index (χ1n) is 10.3. The third-order valence-corrected chi connectivity index (χ3v) is 6.89. The second-order valence-electron chi connectivity index (χ2n) is 8.58. The molecule has 2 atom stereocenters. The van der Waals surface area contributed by atoms with E-state index in [1.165, 1.54) is 17.2 Å². The molecule has 1 aliphatic heterocycles. The number of carbonyl (C=O) groups is 1. The summed E-state index contributed by atoms with van der Waals surface area (Å²) >= 11 is 0. The van der Waals surface area contributed by atoms with E-state index in [9.17, 15) is 14.4 Å². The molecule has 0 radical (unpaired) electrons. The maximum absolute atomic E-state index is 13.6. The van der Waals surface area contributed by atoms with Crippen molar-refractivity contribution < 1.29 is 4.79 Å². The molecule has 3 aromatic rings. The van der Waals surface area contributed by atoms with Crippen LogP contribution >= 0.6 is 0 Å². The van der Waals surface area contributed by atoms with Crippen LogP contribution < -0.4 is 11.2 Å². The van der Waals surface area contributed by atoms with Crippen molar-refractivity contribution in [2.24, 2.45) is 25.0 Å². The monoisotopic (exact) mass is 413 g/mol. The number of hydrogen-bond donors (Lipinski definition) is 0. The molecule has 0 N–H and O–H groups in total. The quantitative estimate of drug-likeness (QED) is 0.615. The van der Waals surface area contributed by atoms with Crippen LogP contribution in [0.1, 0.15) is 49.7 Å². The van der Waals surface area contributed by atoms with Crippen molar-refractivity contribution >= 4 is 17.3 Å². The molecule has 0 spiro atoms. The minimum atomic E-state index is -0.586. The molecule has 2 heterocycles. The Labute approximate surface area is 179 Å². The minimum Gasteiger partial charge on any atom is -0.293 e. The SMILES string of the molecule is Cc1cc([C@@H]2c3c(n(C)c(=O)n(C)c3=O)N=C3c4ccccc4C(=O)[C@@H]32)cc(C)c1C. The Hall–Kier alpha value is -3.54. The fourth-order valence-corrected chi connectivity index (χ4v) is 4.97. The normalized spacial score (nSPS) is 19.0. The molecule has 1 aromatic heterocycles. The lowest BCUT2D eigenvalue weighted by Crippen LogP contribution is -2.43. The zero-order valence-corrected chi connectivity index (χ0v) is 18.2. The molecule has 6 nitrogen and oxygen atoms in total. The van der Waals surface area contributed by atoms with E-state index in [4.69, 9.17) is 4.99 Å². The lowest BCUT2D eigenvalue weighted by atomic mass is 9.75. The molecule has 0 amide bonds. The molecule has 31 heavy (non-hydrogen) atoms. The van der Waals surface area contributed by atoms with Crippen LogP contribution in [-0.2, 0) is 14.1 Å². The van der Waals surface area contributed by atoms with Crippen molar-refractivity contribution in [3.05, 3.63) is 96.2 Å². The molecule has 2 aromatic carbocycles. The number of carbonyl (C=O) groups excluding carboxylic acids is 1. The fraction of sp³-hybridized carbons (Fsp3) is 0.280. The van der Waals surface area contributed by atoms with E-state index in [0.29, 0.717) is 22.7 Å². The van der Waals surface area contributed by atoms with Crippen molar-refractivity contribution in [1.29, 1.82) is 0 Å². The number of rotatable bonds is 1. The summed E-state index contributed by atoms with van der Waals surface area (Å²) in [6.45, 7) is 6.14. The second-order valence-corrected chi connectivity index (χ2v) is 8.58. The highest BCUT2D eigenvalue weighted by Gasteiger charge is 2.47. The number of ketones is 1. The van der Waals surface area contributed by atoms with Gasteiger partial charge >= 0.3 is 5.69 Å². The van der Waals surface area contributed by atoms with Gasteiger partial charge in [-0.2, -0.15) is 0 Å². The molecule has 0 fully saturated rings. The van der Waals surface area contributed by atoms with Crippen LogP contribution in [0.15, 0.2) is 51.0 Å². The summed E-state index contributed by atoms with van der Waals surface area (Å²) in [4.78, 5) is 44.3. The largest absolute Gasteiger partial charge is 0.332 e. The van der Waals surface area contributed by atoms with Gasteiger partial charge in [0.15, 0.2) is 5.78 Å². The lowest BCUT2D eigenvalue weighted by molar-refractivity contribution is 0.0953. The highest BCUT2D eigenvalue weighted by molar-refractivity contribution is 6.30. The molecule has 2 aliphatic rings. The van der Waals surface area contributed by atoms with E-state index < -0.39 is 23.1 Å². The van der Waals surface area contributed by atoms with Gasteiger partial charge in [-0.3, -0.25) is 18.7 Å². The van der Waals surface area contributed by atoms with Gasteiger partial charge in [-0.15, -0.1) is 0 Å². The van der Waals surface area contributed by atoms with Gasteiger partial charge in [-0.1, -0.05) is 36.4 Å². The molecule has 156 valence electrons. The van der Waals surface area contributed by atoms with Gasteiger partial charge in [0, 0.05) is 31.1 Å². The molecule has 0 unspecified atom stereocenters. The van der Waals surface area contributed by atoms with Crippen LogP contribution in [0, 0.1) is 26.7 Å². The maximum atomic E-state index is 13.6. The molecule has 5 rings (SSSR count). The number of Topliss-reactive ketones (excluding diaryl/α,β-unsaturated/α-hetero) is 1. The summed E-state index contributed by atoms with van der Waals surface area (Å²) in [7, 11) is 3.09. The number of benzene rings is 2. The van der Waals surface area contributed by atoms with Crippen molar-refractivity contribution in [2.45, 2.75) is 26.7 Å². The van der Waals surface area contributed by atoms with Crippen LogP contribution in [0.25, 0.3) is 0 Å². The van der Waals surface area contributed by atoms with Crippen molar-refractivity contribution in [1.82, 2.24) is 9.13 Å². The fourth-order valence-electron chi connectivity index (χ4n) is 4.97. The zero-order valence-electron chi connectivity index (χ0n) is 18.2. The van der Waals surface area contributed by atoms with Crippen LogP contribution in [0.5, 0.6) is 0 Å². The summed E-state index contributed by atoms with van der Waals surface area (Å²) in [5.74, 6) is -0.788. The van der Waals surface area contributed by atoms with Crippen molar-refractivity contribution in [3.63, 3.8) is 0 Å². The summed E-state index contributed by atoms with van der Waals surface area (Å²) in [6.07, 6.45) is 0. The lowest BCUT2D eigenvalue weighted by Gasteiger charge is -2.30. The van der Waals surface area contributed by atoms with Crippen LogP contribution in [-0.4, -0.2) is 20.6 Å². The zero-order chi connectivity index (χ0) is 22.2. The summed E-state index contributed by atoms with van der Waals surface area (Å²) in [5, 5.41) is 0. The van der Waals surface area contributed by atoms with Gasteiger partial charge in [-0.25, -0.2) is 9.79 Å². The van der Waals surface area contributed by atoms with E-state index in [1.807, 2.05) is 38.1 Å². The molecular formula is C25H23N3O3. The second kappa shape index (κ2) is 6.48. The number of fused-ring (bicyclic) bond motifs is 4. The average molecular weight is 413 g/mol. The number of nitrogens with zero attached hydrogens (tertiary/aromatic N) is 3. The standard InChI is InChI=1S/C25H23N3O3/c1-12-10-15(11-13(2)14(12)3)18-19-21(16-8-6-7-9-17(16)22(19)29)26-23-20(18)24(30)28(5)25(31)27(23)4/h6-11,18-19H,1-5H3/t18-,19+/m0/s1. The maximum Gasteiger partial charge on any atom is 0.332 e. The topological polar surface area (TPSA) is 73.4 Å². The number of hydrogen-bond acceptors (Lipinski definition) is 4. The Kier molecular flexibility index (Phi) is 4.06. The van der Waals surface area contributed by atoms with Crippen LogP contribution in [0.2, 0.25) is 0 Å². The van der Waals surface area contributed by atoms with Crippen molar-refractivity contribution in [3.8, 4) is 0 Å². The Morgan fingerprint density at radius 1 is 0.839 bits per heavy atom. The van der Waals surface area contributed by atoms with Gasteiger partial charge in [-0.05, 0) is 43.0 Å². The third-order valence-electron chi connectivity index (χ3n) is 6.89. The summed E-state index contributed by atoms with van der Waals surface area (Å²) < 4.78 is 2.51. The Bertz CT molecular complexity index is 1430. The first-order chi connectivity index (χ1) is 14.7. The van der Waals surface area contributed by atoms with E-state index in [2.05, 4.69) is 19.1 Å². The number of aryl methyl sites for hydroxylation is 2. The first-order valence-corrected chi connectivity index (χ1v) is 10.3. The molecule has 6 heteroatoms. The minimum absolute atomic E-state index is 0.0308. The van der Waals surface area contributed by atoms with Gasteiger partial charge in [0.05, 0.1) is 17.2 Å². The van der Waals surface area contributed by atoms with Gasteiger partial charge < -0.3 is 0 Å². The van der Waals surface area contributed by atoms with Gasteiger partial charge in [0.25, 0.3) is 5.56 Å². The van der Waals surface area contributed by atoms with E-state index in [1.54, 1.807) is 7.05 Å². The highest BCUT2D eigenvalue weighted by Crippen LogP contribution is 2.46. The summed E-state index contributed by atoms with van der Waals surface area (Å²) in [6, 6.07) is 11.5. The smallest absolute Gasteiger partial charge is 0.293 e. The highest BCUT2D eigenvalue weighted by atomic mass is 16.2. The average Bonchev–Trinajstić information content (AvgIpc) is 3.05. The van der Waals surface area contributed by atoms with E-state index in [-0.39, 0.29) is 5.78 Å². The Morgan fingerprint density at radius 2 is 1.45 bits per heavy atom. The number of aliphatic imine (C=N–C) groups is 1. The van der Waals surface area contributed by atoms with E-state index >= 15 is 0 Å². The molecule has 0 saturated heterocycles. The van der Waals surface area contributed by atoms with Gasteiger partial charge in [0.1, 0.15) is 5.82 Å². The van der Waals surface area contributed by atoms with Crippen LogP contribution in [0.4, 0.5) is 5.82 Å². The summed E-state index contributed by atoms with van der Waals surface area (Å²) in [5.41, 5.74) is 5.90. The predicted octanol–water partition coefficient (Wildman–Crippen LogP) is 3.09. The Balaban J connectivity index is 1.92. The van der Waals surface area contributed by atoms with E-state index in [0.717, 1.165) is 26.8 Å². The molecule has 0 saturated carbocycles. The number of aromatic nitrogens is 2. The Morgan fingerprint density at radius 3 is 2.10 bits per heavy atom. The molecule has 1 aliphatic carbocycles.